The van der Waals surface area contributed by atoms with Crippen molar-refractivity contribution in [1.82, 2.24) is 9.03 Å². The van der Waals surface area contributed by atoms with Crippen LogP contribution in [0.25, 0.3) is 0 Å². The Labute approximate surface area is 92.2 Å². The van der Waals surface area contributed by atoms with E-state index in [-0.39, 0.29) is 0 Å². The topological polar surface area (TPSA) is 75.4 Å². The Morgan fingerprint density at radius 2 is 2.27 bits per heavy atom. The summed E-state index contributed by atoms with van der Waals surface area (Å²) in [4.78, 5) is 0. The van der Waals surface area contributed by atoms with Gasteiger partial charge in [0.25, 0.3) is 10.2 Å². The van der Waals surface area contributed by atoms with Crippen molar-refractivity contribution in [3.8, 4) is 0 Å². The molecule has 1 unspecified atom stereocenters. The maximum atomic E-state index is 11.7. The van der Waals surface area contributed by atoms with E-state index in [4.69, 9.17) is 5.73 Å². The Morgan fingerprint density at radius 1 is 1.53 bits per heavy atom. The number of nitrogens with zero attached hydrogens (tertiary/aromatic N) is 1. The zero-order valence-corrected chi connectivity index (χ0v) is 10.1. The molecule has 3 N–H and O–H groups in total. The third-order valence-electron chi connectivity index (χ3n) is 2.72. The molecule has 1 aliphatic heterocycles. The minimum absolute atomic E-state index is 0.428. The van der Waals surface area contributed by atoms with Gasteiger partial charge < -0.3 is 5.73 Å². The van der Waals surface area contributed by atoms with E-state index >= 15 is 0 Å². The van der Waals surface area contributed by atoms with Crippen molar-refractivity contribution in [1.29, 1.82) is 0 Å². The van der Waals surface area contributed by atoms with Gasteiger partial charge in [0.2, 0.25) is 0 Å². The minimum Gasteiger partial charge on any atom is -0.330 e. The fourth-order valence-electron chi connectivity index (χ4n) is 1.99. The van der Waals surface area contributed by atoms with Crippen LogP contribution < -0.4 is 10.5 Å². The highest BCUT2D eigenvalue weighted by Gasteiger charge is 2.27. The van der Waals surface area contributed by atoms with E-state index in [2.05, 4.69) is 4.72 Å². The lowest BCUT2D eigenvalue weighted by Gasteiger charge is -2.31. The van der Waals surface area contributed by atoms with Crippen LogP contribution in [-0.4, -0.2) is 38.9 Å². The molecule has 0 saturated carbocycles. The summed E-state index contributed by atoms with van der Waals surface area (Å²) in [5.41, 5.74) is 5.49. The Hall–Kier alpha value is -0.170. The molecule has 0 spiro atoms. The predicted octanol–water partition coefficient (Wildman–Crippen LogP) is -0.0985. The van der Waals surface area contributed by atoms with Crippen molar-refractivity contribution in [3.05, 3.63) is 0 Å². The van der Waals surface area contributed by atoms with Crippen molar-refractivity contribution < 1.29 is 8.42 Å². The van der Waals surface area contributed by atoms with Gasteiger partial charge in [-0.05, 0) is 31.7 Å². The van der Waals surface area contributed by atoms with Gasteiger partial charge >= 0.3 is 0 Å². The monoisotopic (exact) mass is 235 g/mol. The lowest BCUT2D eigenvalue weighted by molar-refractivity contribution is 0.256. The summed E-state index contributed by atoms with van der Waals surface area (Å²) in [6, 6.07) is 0. The summed E-state index contributed by atoms with van der Waals surface area (Å²) in [6.45, 7) is 4.13. The Balaban J connectivity index is 2.55. The summed E-state index contributed by atoms with van der Waals surface area (Å²) >= 11 is 0. The molecule has 1 heterocycles. The minimum atomic E-state index is -3.24. The molecule has 0 amide bonds. The SMILES string of the molecule is CCNS(=O)(=O)N1CCCC(CCN)C1. The highest BCUT2D eigenvalue weighted by Crippen LogP contribution is 2.20. The molecule has 1 aliphatic rings. The number of rotatable bonds is 5. The standard InChI is InChI=1S/C9H21N3O2S/c1-2-11-15(13,14)12-7-3-4-9(8-12)5-6-10/h9,11H,2-8,10H2,1H3. The second-order valence-corrected chi connectivity index (χ2v) is 5.70. The smallest absolute Gasteiger partial charge is 0.279 e. The molecular formula is C9H21N3O2S. The number of nitrogens with one attached hydrogen (secondary N) is 1. The Kier molecular flexibility index (Phi) is 4.98. The Morgan fingerprint density at radius 3 is 2.87 bits per heavy atom. The lowest BCUT2D eigenvalue weighted by atomic mass is 9.96. The highest BCUT2D eigenvalue weighted by atomic mass is 32.2. The van der Waals surface area contributed by atoms with Gasteiger partial charge in [-0.1, -0.05) is 6.92 Å². The van der Waals surface area contributed by atoms with Gasteiger partial charge in [0, 0.05) is 19.6 Å². The third kappa shape index (κ3) is 3.71. The van der Waals surface area contributed by atoms with Crippen LogP contribution in [-0.2, 0) is 10.2 Å². The zero-order chi connectivity index (χ0) is 11.3. The summed E-state index contributed by atoms with van der Waals surface area (Å²) in [6.07, 6.45) is 2.95. The van der Waals surface area contributed by atoms with E-state index in [0.717, 1.165) is 19.3 Å². The van der Waals surface area contributed by atoms with Crippen LogP contribution in [0.1, 0.15) is 26.2 Å². The molecule has 90 valence electrons. The Bertz CT molecular complexity index is 277. The number of hydrogen-bond donors (Lipinski definition) is 2. The molecule has 6 heteroatoms. The van der Waals surface area contributed by atoms with E-state index in [1.165, 1.54) is 0 Å². The van der Waals surface area contributed by atoms with E-state index in [1.807, 2.05) is 0 Å². The van der Waals surface area contributed by atoms with E-state index in [9.17, 15) is 8.42 Å². The molecular weight excluding hydrogens is 214 g/mol. The molecule has 0 bridgehead atoms. The fraction of sp³-hybridized carbons (Fsp3) is 1.00. The van der Waals surface area contributed by atoms with E-state index < -0.39 is 10.2 Å². The maximum Gasteiger partial charge on any atom is 0.279 e. The first-order valence-electron chi connectivity index (χ1n) is 5.55. The summed E-state index contributed by atoms with van der Waals surface area (Å²) in [7, 11) is -3.24. The van der Waals surface area contributed by atoms with Crippen LogP contribution >= 0.6 is 0 Å². The van der Waals surface area contributed by atoms with Crippen molar-refractivity contribution in [2.45, 2.75) is 26.2 Å². The van der Waals surface area contributed by atoms with Crippen LogP contribution in [0.15, 0.2) is 0 Å². The van der Waals surface area contributed by atoms with Crippen molar-refractivity contribution in [3.63, 3.8) is 0 Å². The van der Waals surface area contributed by atoms with Gasteiger partial charge in [-0.15, -0.1) is 0 Å². The van der Waals surface area contributed by atoms with Gasteiger partial charge in [-0.25, -0.2) is 4.72 Å². The fourth-order valence-corrected chi connectivity index (χ4v) is 3.31. The molecule has 0 radical (unpaired) electrons. The molecule has 1 saturated heterocycles. The van der Waals surface area contributed by atoms with E-state index in [1.54, 1.807) is 11.2 Å². The molecule has 0 aromatic heterocycles. The average Bonchev–Trinajstić information content (AvgIpc) is 2.19. The van der Waals surface area contributed by atoms with Crippen LogP contribution in [0.4, 0.5) is 0 Å². The number of hydrogen-bond acceptors (Lipinski definition) is 3. The molecule has 1 rings (SSSR count). The maximum absolute atomic E-state index is 11.7. The largest absolute Gasteiger partial charge is 0.330 e. The molecule has 5 nitrogen and oxygen atoms in total. The van der Waals surface area contributed by atoms with Gasteiger partial charge in [0.1, 0.15) is 0 Å². The summed E-state index contributed by atoms with van der Waals surface area (Å²) in [5, 5.41) is 0. The lowest BCUT2D eigenvalue weighted by Crippen LogP contribution is -2.46. The van der Waals surface area contributed by atoms with Crippen LogP contribution in [0.5, 0.6) is 0 Å². The molecule has 15 heavy (non-hydrogen) atoms. The van der Waals surface area contributed by atoms with E-state index in [0.29, 0.717) is 32.1 Å². The van der Waals surface area contributed by atoms with Crippen LogP contribution in [0.2, 0.25) is 0 Å². The zero-order valence-electron chi connectivity index (χ0n) is 9.28. The first-order chi connectivity index (χ1) is 7.10. The number of nitrogens with two attached hydrogens (primary N) is 1. The van der Waals surface area contributed by atoms with Gasteiger partial charge in [-0.2, -0.15) is 12.7 Å². The summed E-state index contributed by atoms with van der Waals surface area (Å²) < 4.78 is 27.5. The van der Waals surface area contributed by atoms with Crippen molar-refractivity contribution in [2.75, 3.05) is 26.2 Å². The van der Waals surface area contributed by atoms with Crippen LogP contribution in [0.3, 0.4) is 0 Å². The highest BCUT2D eigenvalue weighted by molar-refractivity contribution is 7.87. The molecule has 0 aliphatic carbocycles. The predicted molar refractivity (Wildman–Crippen MR) is 60.6 cm³/mol. The van der Waals surface area contributed by atoms with Crippen LogP contribution in [0, 0.1) is 5.92 Å². The van der Waals surface area contributed by atoms with Gasteiger partial charge in [0.05, 0.1) is 0 Å². The summed E-state index contributed by atoms with van der Waals surface area (Å²) in [5.74, 6) is 0.428. The van der Waals surface area contributed by atoms with Crippen molar-refractivity contribution in [2.24, 2.45) is 11.7 Å². The number of piperidine rings is 1. The van der Waals surface area contributed by atoms with Gasteiger partial charge in [-0.3, -0.25) is 0 Å². The molecule has 1 atom stereocenters. The van der Waals surface area contributed by atoms with Gasteiger partial charge in [0.15, 0.2) is 0 Å². The second kappa shape index (κ2) is 5.79. The molecule has 0 aromatic rings. The first kappa shape index (κ1) is 12.9. The molecule has 1 fully saturated rings. The molecule has 0 aromatic carbocycles. The quantitative estimate of drug-likeness (QED) is 0.699. The average molecular weight is 235 g/mol. The van der Waals surface area contributed by atoms with Crippen molar-refractivity contribution >= 4 is 10.2 Å². The third-order valence-corrected chi connectivity index (χ3v) is 4.39. The second-order valence-electron chi connectivity index (χ2n) is 3.95. The normalized spacial score (nSPS) is 24.3. The first-order valence-corrected chi connectivity index (χ1v) is 6.99.